The number of rotatable bonds is 4. The van der Waals surface area contributed by atoms with Crippen molar-refractivity contribution in [1.29, 1.82) is 0 Å². The molecular formula is C14H19BrN2O. The number of nitrogens with two attached hydrogens (primary N) is 1. The van der Waals surface area contributed by atoms with Gasteiger partial charge in [-0.2, -0.15) is 0 Å². The van der Waals surface area contributed by atoms with Crippen LogP contribution in [0, 0.1) is 11.8 Å². The van der Waals surface area contributed by atoms with Crippen molar-refractivity contribution in [1.82, 2.24) is 5.32 Å². The van der Waals surface area contributed by atoms with E-state index in [9.17, 15) is 4.79 Å². The summed E-state index contributed by atoms with van der Waals surface area (Å²) in [6, 6.07) is 7.94. The molecule has 0 aromatic heterocycles. The van der Waals surface area contributed by atoms with Crippen molar-refractivity contribution in [2.45, 2.75) is 25.8 Å². The lowest BCUT2D eigenvalue weighted by atomic mass is 9.95. The molecule has 3 N–H and O–H groups in total. The van der Waals surface area contributed by atoms with E-state index in [1.54, 1.807) is 0 Å². The Hall–Kier alpha value is -0.870. The minimum atomic E-state index is 0.109. The maximum absolute atomic E-state index is 12.1. The van der Waals surface area contributed by atoms with Gasteiger partial charge in [-0.3, -0.25) is 4.79 Å². The second-order valence-electron chi connectivity index (χ2n) is 4.84. The summed E-state index contributed by atoms with van der Waals surface area (Å²) in [5.74, 6) is 0.625. The molecule has 1 aromatic carbocycles. The molecule has 0 bridgehead atoms. The standard InChI is InChI=1S/C14H19BrN2O/c15-13-7-2-1-4-11(13)9-17-14(18)12-6-3-5-10(12)8-16/h1-2,4,7,10,12H,3,5-6,8-9,16H2,(H,17,18). The van der Waals surface area contributed by atoms with Gasteiger partial charge in [0.25, 0.3) is 0 Å². The van der Waals surface area contributed by atoms with Gasteiger partial charge in [0.2, 0.25) is 5.91 Å². The van der Waals surface area contributed by atoms with E-state index < -0.39 is 0 Å². The number of hydrogen-bond donors (Lipinski definition) is 2. The lowest BCUT2D eigenvalue weighted by Gasteiger charge is -2.17. The molecule has 1 fully saturated rings. The average Bonchev–Trinajstić information content (AvgIpc) is 2.86. The van der Waals surface area contributed by atoms with Gasteiger partial charge >= 0.3 is 0 Å². The third-order valence-corrected chi connectivity index (χ3v) is 4.48. The monoisotopic (exact) mass is 310 g/mol. The SMILES string of the molecule is NCC1CCCC1C(=O)NCc1ccccc1Br. The smallest absolute Gasteiger partial charge is 0.223 e. The van der Waals surface area contributed by atoms with Crippen LogP contribution in [0.3, 0.4) is 0 Å². The molecule has 0 spiro atoms. The van der Waals surface area contributed by atoms with Gasteiger partial charge in [0.15, 0.2) is 0 Å². The molecule has 0 saturated heterocycles. The summed E-state index contributed by atoms with van der Waals surface area (Å²) in [6.07, 6.45) is 3.18. The summed E-state index contributed by atoms with van der Waals surface area (Å²) in [5.41, 5.74) is 6.81. The highest BCUT2D eigenvalue weighted by Crippen LogP contribution is 2.31. The van der Waals surface area contributed by atoms with Gasteiger partial charge in [-0.1, -0.05) is 40.5 Å². The molecule has 4 heteroatoms. The van der Waals surface area contributed by atoms with Crippen molar-refractivity contribution >= 4 is 21.8 Å². The third-order valence-electron chi connectivity index (χ3n) is 3.71. The quantitative estimate of drug-likeness (QED) is 0.897. The minimum Gasteiger partial charge on any atom is -0.352 e. The van der Waals surface area contributed by atoms with Crippen molar-refractivity contribution in [3.05, 3.63) is 34.3 Å². The zero-order valence-electron chi connectivity index (χ0n) is 10.4. The van der Waals surface area contributed by atoms with Gasteiger partial charge in [0, 0.05) is 16.9 Å². The fourth-order valence-corrected chi connectivity index (χ4v) is 3.04. The van der Waals surface area contributed by atoms with E-state index in [1.807, 2.05) is 24.3 Å². The number of halogens is 1. The second kappa shape index (κ2) is 6.34. The predicted octanol–water partition coefficient (Wildman–Crippen LogP) is 2.44. The Labute approximate surface area is 116 Å². The van der Waals surface area contributed by atoms with E-state index in [0.29, 0.717) is 19.0 Å². The van der Waals surface area contributed by atoms with E-state index in [0.717, 1.165) is 29.3 Å². The van der Waals surface area contributed by atoms with Gasteiger partial charge < -0.3 is 11.1 Å². The first-order chi connectivity index (χ1) is 8.72. The van der Waals surface area contributed by atoms with E-state index in [4.69, 9.17) is 5.73 Å². The van der Waals surface area contributed by atoms with Gasteiger partial charge in [-0.05, 0) is 36.9 Å². The van der Waals surface area contributed by atoms with Crippen LogP contribution in [0.15, 0.2) is 28.7 Å². The Balaban J connectivity index is 1.90. The summed E-state index contributed by atoms with van der Waals surface area (Å²) < 4.78 is 1.03. The van der Waals surface area contributed by atoms with Crippen molar-refractivity contribution < 1.29 is 4.79 Å². The minimum absolute atomic E-state index is 0.109. The summed E-state index contributed by atoms with van der Waals surface area (Å²) in [4.78, 5) is 12.1. The second-order valence-corrected chi connectivity index (χ2v) is 5.70. The highest BCUT2D eigenvalue weighted by molar-refractivity contribution is 9.10. The van der Waals surface area contributed by atoms with Crippen molar-refractivity contribution in [2.75, 3.05) is 6.54 Å². The van der Waals surface area contributed by atoms with Gasteiger partial charge in [-0.15, -0.1) is 0 Å². The van der Waals surface area contributed by atoms with Crippen molar-refractivity contribution in [3.63, 3.8) is 0 Å². The summed E-state index contributed by atoms with van der Waals surface area (Å²) >= 11 is 3.48. The molecule has 18 heavy (non-hydrogen) atoms. The predicted molar refractivity (Wildman–Crippen MR) is 75.9 cm³/mol. The number of carbonyl (C=O) groups is 1. The molecule has 0 radical (unpaired) electrons. The fraction of sp³-hybridized carbons (Fsp3) is 0.500. The molecule has 1 saturated carbocycles. The summed E-state index contributed by atoms with van der Waals surface area (Å²) in [6.45, 7) is 1.20. The molecule has 1 aromatic rings. The molecule has 2 unspecified atom stereocenters. The van der Waals surface area contributed by atoms with E-state index in [-0.39, 0.29) is 11.8 Å². The molecule has 1 aliphatic carbocycles. The van der Waals surface area contributed by atoms with Gasteiger partial charge in [0.1, 0.15) is 0 Å². The van der Waals surface area contributed by atoms with Gasteiger partial charge in [-0.25, -0.2) is 0 Å². The van der Waals surface area contributed by atoms with Crippen molar-refractivity contribution in [3.8, 4) is 0 Å². The molecular weight excluding hydrogens is 292 g/mol. The summed E-state index contributed by atoms with van der Waals surface area (Å²) in [7, 11) is 0. The van der Waals surface area contributed by atoms with Crippen LogP contribution < -0.4 is 11.1 Å². The largest absolute Gasteiger partial charge is 0.352 e. The first-order valence-corrected chi connectivity index (χ1v) is 7.23. The topological polar surface area (TPSA) is 55.1 Å². The van der Waals surface area contributed by atoms with Crippen LogP contribution in [0.5, 0.6) is 0 Å². The Bertz CT molecular complexity index is 422. The van der Waals surface area contributed by atoms with Crippen LogP contribution in [-0.2, 0) is 11.3 Å². The summed E-state index contributed by atoms with van der Waals surface area (Å²) in [5, 5.41) is 3.02. The third kappa shape index (κ3) is 3.12. The Morgan fingerprint density at radius 2 is 2.17 bits per heavy atom. The Morgan fingerprint density at radius 3 is 2.89 bits per heavy atom. The zero-order valence-corrected chi connectivity index (χ0v) is 11.9. The van der Waals surface area contributed by atoms with Gasteiger partial charge in [0.05, 0.1) is 0 Å². The molecule has 0 heterocycles. The van der Waals surface area contributed by atoms with E-state index in [1.165, 1.54) is 0 Å². The number of hydrogen-bond acceptors (Lipinski definition) is 2. The van der Waals surface area contributed by atoms with E-state index >= 15 is 0 Å². The lowest BCUT2D eigenvalue weighted by Crippen LogP contribution is -2.34. The first kappa shape index (κ1) is 13.6. The molecule has 3 nitrogen and oxygen atoms in total. The molecule has 2 rings (SSSR count). The number of amides is 1. The molecule has 1 aliphatic rings. The number of nitrogens with one attached hydrogen (secondary N) is 1. The number of carbonyl (C=O) groups excluding carboxylic acids is 1. The molecule has 98 valence electrons. The first-order valence-electron chi connectivity index (χ1n) is 6.43. The van der Waals surface area contributed by atoms with Crippen LogP contribution in [-0.4, -0.2) is 12.5 Å². The van der Waals surface area contributed by atoms with Crippen LogP contribution in [0.1, 0.15) is 24.8 Å². The Kier molecular flexibility index (Phi) is 4.78. The lowest BCUT2D eigenvalue weighted by molar-refractivity contribution is -0.126. The zero-order chi connectivity index (χ0) is 13.0. The van der Waals surface area contributed by atoms with Crippen LogP contribution in [0.25, 0.3) is 0 Å². The highest BCUT2D eigenvalue weighted by atomic mass is 79.9. The average molecular weight is 311 g/mol. The van der Waals surface area contributed by atoms with Crippen LogP contribution in [0.2, 0.25) is 0 Å². The van der Waals surface area contributed by atoms with Crippen LogP contribution >= 0.6 is 15.9 Å². The van der Waals surface area contributed by atoms with Crippen LogP contribution in [0.4, 0.5) is 0 Å². The molecule has 1 amide bonds. The molecule has 2 atom stereocenters. The Morgan fingerprint density at radius 1 is 1.39 bits per heavy atom. The fourth-order valence-electron chi connectivity index (χ4n) is 2.62. The maximum Gasteiger partial charge on any atom is 0.223 e. The normalized spacial score (nSPS) is 23.0. The maximum atomic E-state index is 12.1. The van der Waals surface area contributed by atoms with E-state index in [2.05, 4.69) is 21.2 Å². The van der Waals surface area contributed by atoms with Crippen molar-refractivity contribution in [2.24, 2.45) is 17.6 Å². The number of benzene rings is 1. The molecule has 0 aliphatic heterocycles. The highest BCUT2D eigenvalue weighted by Gasteiger charge is 2.31.